The fourth-order valence-corrected chi connectivity index (χ4v) is 2.75. The average Bonchev–Trinajstić information content (AvgIpc) is 2.74. The number of ether oxygens (including phenoxy) is 4. The molecule has 28 heavy (non-hydrogen) atoms. The van der Waals surface area contributed by atoms with E-state index < -0.39 is 17.8 Å². The summed E-state index contributed by atoms with van der Waals surface area (Å²) in [6, 6.07) is 12.6. The van der Waals surface area contributed by atoms with Crippen molar-refractivity contribution in [3.63, 3.8) is 0 Å². The zero-order chi connectivity index (χ0) is 20.1. The fourth-order valence-electron chi connectivity index (χ4n) is 2.75. The van der Waals surface area contributed by atoms with E-state index in [1.807, 2.05) is 0 Å². The molecule has 8 heteroatoms. The second-order valence-electron chi connectivity index (χ2n) is 5.72. The van der Waals surface area contributed by atoms with Gasteiger partial charge in [-0.25, -0.2) is 14.0 Å². The number of carbonyl (C=O) groups is 2. The summed E-state index contributed by atoms with van der Waals surface area (Å²) in [7, 11) is 2.41. The quantitative estimate of drug-likeness (QED) is 0.730. The van der Waals surface area contributed by atoms with Crippen LogP contribution in [0.2, 0.25) is 0 Å². The summed E-state index contributed by atoms with van der Waals surface area (Å²) in [5.41, 5.74) is 0.388. The SMILES string of the molecule is COC(=O)C1=C(C(=O)OC)N(c2ccccc2Oc2ccccc2F)COC1. The van der Waals surface area contributed by atoms with Crippen molar-refractivity contribution in [2.24, 2.45) is 0 Å². The van der Waals surface area contributed by atoms with E-state index in [4.69, 9.17) is 18.9 Å². The number of para-hydroxylation sites is 3. The van der Waals surface area contributed by atoms with Gasteiger partial charge >= 0.3 is 11.9 Å². The molecule has 0 saturated carbocycles. The molecule has 1 heterocycles. The van der Waals surface area contributed by atoms with Crippen LogP contribution in [-0.4, -0.2) is 39.5 Å². The van der Waals surface area contributed by atoms with Crippen molar-refractivity contribution < 1.29 is 32.9 Å². The van der Waals surface area contributed by atoms with Gasteiger partial charge in [-0.3, -0.25) is 0 Å². The first kappa shape index (κ1) is 19.4. The third-order valence-electron chi connectivity index (χ3n) is 4.05. The molecule has 0 N–H and O–H groups in total. The van der Waals surface area contributed by atoms with Crippen molar-refractivity contribution in [1.82, 2.24) is 0 Å². The zero-order valence-corrected chi connectivity index (χ0v) is 15.3. The van der Waals surface area contributed by atoms with Crippen LogP contribution in [0.25, 0.3) is 0 Å². The fraction of sp³-hybridized carbons (Fsp3) is 0.200. The van der Waals surface area contributed by atoms with E-state index >= 15 is 0 Å². The molecule has 2 aromatic rings. The lowest BCUT2D eigenvalue weighted by Gasteiger charge is -2.32. The molecule has 0 fully saturated rings. The molecule has 3 rings (SSSR count). The lowest BCUT2D eigenvalue weighted by molar-refractivity contribution is -0.140. The molecule has 0 atom stereocenters. The largest absolute Gasteiger partial charge is 0.466 e. The average molecular weight is 387 g/mol. The molecule has 2 aromatic carbocycles. The third-order valence-corrected chi connectivity index (χ3v) is 4.05. The van der Waals surface area contributed by atoms with Gasteiger partial charge in [-0.15, -0.1) is 0 Å². The topological polar surface area (TPSA) is 74.3 Å². The summed E-state index contributed by atoms with van der Waals surface area (Å²) in [6.07, 6.45) is 0. The molecule has 0 aromatic heterocycles. The molecule has 1 aliphatic heterocycles. The van der Waals surface area contributed by atoms with Gasteiger partial charge in [-0.1, -0.05) is 24.3 Å². The highest BCUT2D eigenvalue weighted by molar-refractivity contribution is 6.03. The van der Waals surface area contributed by atoms with E-state index in [1.165, 1.54) is 31.3 Å². The maximum atomic E-state index is 14.0. The Morgan fingerprint density at radius 1 is 0.964 bits per heavy atom. The van der Waals surface area contributed by atoms with Gasteiger partial charge in [0.1, 0.15) is 12.4 Å². The van der Waals surface area contributed by atoms with Gasteiger partial charge in [0.25, 0.3) is 0 Å². The van der Waals surface area contributed by atoms with Crippen LogP contribution in [0.4, 0.5) is 10.1 Å². The van der Waals surface area contributed by atoms with Crippen LogP contribution in [-0.2, 0) is 23.8 Å². The highest BCUT2D eigenvalue weighted by Gasteiger charge is 2.33. The molecule has 0 spiro atoms. The van der Waals surface area contributed by atoms with Gasteiger partial charge in [-0.2, -0.15) is 0 Å². The first-order chi connectivity index (χ1) is 13.6. The van der Waals surface area contributed by atoms with Crippen LogP contribution in [0.3, 0.4) is 0 Å². The molecule has 0 aliphatic carbocycles. The van der Waals surface area contributed by atoms with Gasteiger partial charge in [0.2, 0.25) is 0 Å². The predicted octanol–water partition coefficient (Wildman–Crippen LogP) is 3.01. The van der Waals surface area contributed by atoms with Crippen LogP contribution in [0.15, 0.2) is 59.8 Å². The minimum atomic E-state index is -0.732. The maximum absolute atomic E-state index is 14.0. The summed E-state index contributed by atoms with van der Waals surface area (Å²) in [5.74, 6) is -1.69. The van der Waals surface area contributed by atoms with Crippen LogP contribution in [0.1, 0.15) is 0 Å². The number of hydrogen-bond donors (Lipinski definition) is 0. The Hall–Kier alpha value is -3.39. The Balaban J connectivity index is 2.08. The summed E-state index contributed by atoms with van der Waals surface area (Å²) in [5, 5.41) is 0. The monoisotopic (exact) mass is 387 g/mol. The van der Waals surface area contributed by atoms with Crippen molar-refractivity contribution in [3.05, 3.63) is 65.6 Å². The molecule has 0 bridgehead atoms. The van der Waals surface area contributed by atoms with E-state index in [9.17, 15) is 14.0 Å². The number of halogens is 1. The number of esters is 2. The number of nitrogens with zero attached hydrogens (tertiary/aromatic N) is 1. The second-order valence-corrected chi connectivity index (χ2v) is 5.72. The molecule has 0 amide bonds. The minimum absolute atomic E-state index is 0.0151. The predicted molar refractivity (Wildman–Crippen MR) is 97.3 cm³/mol. The maximum Gasteiger partial charge on any atom is 0.355 e. The summed E-state index contributed by atoms with van der Waals surface area (Å²) in [4.78, 5) is 26.0. The molecular formula is C20H18FNO6. The number of benzene rings is 2. The molecular weight excluding hydrogens is 369 g/mol. The van der Waals surface area contributed by atoms with Gasteiger partial charge in [0.05, 0.1) is 32.1 Å². The number of methoxy groups -OCH3 is 2. The molecule has 1 aliphatic rings. The third kappa shape index (κ3) is 3.81. The van der Waals surface area contributed by atoms with Crippen LogP contribution in [0.5, 0.6) is 11.5 Å². The number of anilines is 1. The normalized spacial score (nSPS) is 13.9. The Morgan fingerprint density at radius 2 is 1.61 bits per heavy atom. The summed E-state index contributed by atoms with van der Waals surface area (Å²) in [6.45, 7) is -0.146. The lowest BCUT2D eigenvalue weighted by atomic mass is 10.1. The second kappa shape index (κ2) is 8.53. The minimum Gasteiger partial charge on any atom is -0.466 e. The Labute approximate surface area is 160 Å². The van der Waals surface area contributed by atoms with Crippen molar-refractivity contribution in [2.75, 3.05) is 32.5 Å². The first-order valence-electron chi connectivity index (χ1n) is 8.33. The highest BCUT2D eigenvalue weighted by Crippen LogP contribution is 2.37. The number of hydrogen-bond acceptors (Lipinski definition) is 7. The van der Waals surface area contributed by atoms with Crippen molar-refractivity contribution >= 4 is 17.6 Å². The lowest BCUT2D eigenvalue weighted by Crippen LogP contribution is -2.38. The van der Waals surface area contributed by atoms with Gasteiger partial charge in [-0.05, 0) is 24.3 Å². The summed E-state index contributed by atoms with van der Waals surface area (Å²) >= 11 is 0. The van der Waals surface area contributed by atoms with E-state index in [-0.39, 0.29) is 36.1 Å². The van der Waals surface area contributed by atoms with Crippen LogP contribution >= 0.6 is 0 Å². The first-order valence-corrected chi connectivity index (χ1v) is 8.33. The Bertz CT molecular complexity index is 926. The Kier molecular flexibility index (Phi) is 5.90. The van der Waals surface area contributed by atoms with E-state index in [0.717, 1.165) is 0 Å². The van der Waals surface area contributed by atoms with Gasteiger partial charge < -0.3 is 23.8 Å². The van der Waals surface area contributed by atoms with E-state index in [1.54, 1.807) is 36.4 Å². The molecule has 0 unspecified atom stereocenters. The standard InChI is InChI=1S/C20H18FNO6/c1-25-19(23)13-11-27-12-22(18(13)20(24)26-2)15-8-4-6-10-17(15)28-16-9-5-3-7-14(16)21/h3-10H,11-12H2,1-2H3. The molecule has 0 saturated heterocycles. The number of carbonyl (C=O) groups excluding carboxylic acids is 2. The van der Waals surface area contributed by atoms with Crippen molar-refractivity contribution in [3.8, 4) is 11.5 Å². The molecule has 7 nitrogen and oxygen atoms in total. The van der Waals surface area contributed by atoms with Gasteiger partial charge in [0.15, 0.2) is 17.3 Å². The number of rotatable bonds is 5. The van der Waals surface area contributed by atoms with Crippen LogP contribution in [0, 0.1) is 5.82 Å². The van der Waals surface area contributed by atoms with E-state index in [0.29, 0.717) is 5.69 Å². The van der Waals surface area contributed by atoms with Crippen LogP contribution < -0.4 is 9.64 Å². The Morgan fingerprint density at radius 3 is 2.29 bits per heavy atom. The summed E-state index contributed by atoms with van der Waals surface area (Å²) < 4.78 is 34.8. The smallest absolute Gasteiger partial charge is 0.355 e. The van der Waals surface area contributed by atoms with Crippen molar-refractivity contribution in [1.29, 1.82) is 0 Å². The van der Waals surface area contributed by atoms with Crippen molar-refractivity contribution in [2.45, 2.75) is 0 Å². The highest BCUT2D eigenvalue weighted by atomic mass is 19.1. The van der Waals surface area contributed by atoms with Gasteiger partial charge in [0, 0.05) is 0 Å². The zero-order valence-electron chi connectivity index (χ0n) is 15.3. The van der Waals surface area contributed by atoms with E-state index in [2.05, 4.69) is 0 Å². The molecule has 146 valence electrons. The molecule has 0 radical (unpaired) electrons.